The fourth-order valence-corrected chi connectivity index (χ4v) is 7.36. The number of carbonyl (C=O) groups is 2. The molecule has 13 heteroatoms. The van der Waals surface area contributed by atoms with E-state index in [-0.39, 0.29) is 19.4 Å². The molecule has 0 aromatic heterocycles. The molecule has 0 aliphatic carbocycles. The molecule has 0 aromatic carbocycles. The van der Waals surface area contributed by atoms with Crippen LogP contribution in [0.2, 0.25) is 0 Å². The molecule has 0 bridgehead atoms. The molecule has 0 amide bonds. The molecule has 1 aliphatic heterocycles. The van der Waals surface area contributed by atoms with Crippen LogP contribution in [0.3, 0.4) is 0 Å². The zero-order chi connectivity index (χ0) is 40.6. The predicted molar refractivity (Wildman–Crippen MR) is 215 cm³/mol. The maximum absolute atomic E-state index is 12.8. The van der Waals surface area contributed by atoms with Crippen LogP contribution in [0.4, 0.5) is 0 Å². The van der Waals surface area contributed by atoms with Gasteiger partial charge in [0, 0.05) is 12.8 Å². The highest BCUT2D eigenvalue weighted by Gasteiger charge is 2.46. The van der Waals surface area contributed by atoms with Crippen LogP contribution in [0.15, 0.2) is 12.2 Å². The van der Waals surface area contributed by atoms with Crippen LogP contribution < -0.4 is 0 Å². The van der Waals surface area contributed by atoms with E-state index in [1.165, 1.54) is 89.9 Å². The lowest BCUT2D eigenvalue weighted by molar-refractivity contribution is -0.297. The number of hydrogen-bond acceptors (Lipinski definition) is 11. The summed E-state index contributed by atoms with van der Waals surface area (Å²) in [5.41, 5.74) is 0. The Hall–Kier alpha value is -1.61. The Bertz CT molecular complexity index is 1080. The molecule has 6 atom stereocenters. The molecular formula is C42H78O12S. The molecule has 0 aromatic rings. The molecule has 1 aliphatic rings. The topological polar surface area (TPSA) is 186 Å². The molecule has 1 fully saturated rings. The number of esters is 2. The van der Waals surface area contributed by atoms with Crippen molar-refractivity contribution in [1.82, 2.24) is 0 Å². The Morgan fingerprint density at radius 2 is 1.04 bits per heavy atom. The summed E-state index contributed by atoms with van der Waals surface area (Å²) in [6.07, 6.45) is 24.0. The number of allylic oxidation sites excluding steroid dienone is 2. The summed E-state index contributed by atoms with van der Waals surface area (Å²) >= 11 is 0. The number of aliphatic hydroxyl groups excluding tert-OH is 3. The van der Waals surface area contributed by atoms with Crippen LogP contribution >= 0.6 is 0 Å². The van der Waals surface area contributed by atoms with Crippen molar-refractivity contribution < 1.29 is 56.8 Å². The zero-order valence-corrected chi connectivity index (χ0v) is 35.1. The highest BCUT2D eigenvalue weighted by atomic mass is 32.2. The van der Waals surface area contributed by atoms with Crippen LogP contribution in [0, 0.1) is 0 Å². The van der Waals surface area contributed by atoms with E-state index in [2.05, 4.69) is 26.0 Å². The summed E-state index contributed by atoms with van der Waals surface area (Å²) in [6.45, 7) is 3.74. The van der Waals surface area contributed by atoms with E-state index < -0.39 is 71.2 Å². The monoisotopic (exact) mass is 807 g/mol. The van der Waals surface area contributed by atoms with E-state index in [4.69, 9.17) is 18.9 Å². The molecule has 55 heavy (non-hydrogen) atoms. The molecule has 1 saturated heterocycles. The Kier molecular flexibility index (Phi) is 31.2. The normalized spacial score (nSPS) is 20.9. The maximum atomic E-state index is 12.8. The lowest BCUT2D eigenvalue weighted by Crippen LogP contribution is -2.60. The van der Waals surface area contributed by atoms with E-state index in [0.29, 0.717) is 12.8 Å². The second-order valence-corrected chi connectivity index (χ2v) is 16.9. The Balaban J connectivity index is 2.47. The average molecular weight is 807 g/mol. The third kappa shape index (κ3) is 28.4. The summed E-state index contributed by atoms with van der Waals surface area (Å²) in [6, 6.07) is 0. The molecule has 324 valence electrons. The second-order valence-electron chi connectivity index (χ2n) is 15.4. The largest absolute Gasteiger partial charge is 0.462 e. The summed E-state index contributed by atoms with van der Waals surface area (Å²) < 4.78 is 54.0. The minimum absolute atomic E-state index is 0.158. The van der Waals surface area contributed by atoms with Crippen molar-refractivity contribution in [2.24, 2.45) is 0 Å². The van der Waals surface area contributed by atoms with Crippen molar-refractivity contribution in [3.8, 4) is 0 Å². The van der Waals surface area contributed by atoms with Gasteiger partial charge >= 0.3 is 11.9 Å². The lowest BCUT2D eigenvalue weighted by atomic mass is 10.00. The first-order valence-corrected chi connectivity index (χ1v) is 23.4. The lowest BCUT2D eigenvalue weighted by Gasteiger charge is -2.40. The van der Waals surface area contributed by atoms with Crippen molar-refractivity contribution in [3.05, 3.63) is 12.2 Å². The summed E-state index contributed by atoms with van der Waals surface area (Å²) in [5, 5.41) is 30.8. The van der Waals surface area contributed by atoms with Crippen molar-refractivity contribution >= 4 is 22.1 Å². The van der Waals surface area contributed by atoms with E-state index in [0.717, 1.165) is 57.8 Å². The van der Waals surface area contributed by atoms with Crippen LogP contribution in [0.25, 0.3) is 0 Å². The number of unbranched alkanes of at least 4 members (excludes halogenated alkanes) is 22. The molecule has 4 N–H and O–H groups in total. The van der Waals surface area contributed by atoms with Gasteiger partial charge in [0.05, 0.1) is 6.61 Å². The van der Waals surface area contributed by atoms with Gasteiger partial charge in [0.1, 0.15) is 36.8 Å². The molecule has 12 nitrogen and oxygen atoms in total. The molecule has 0 saturated carbocycles. The van der Waals surface area contributed by atoms with Gasteiger partial charge in [0.25, 0.3) is 10.1 Å². The number of rotatable bonds is 36. The van der Waals surface area contributed by atoms with Gasteiger partial charge in [0.15, 0.2) is 12.4 Å². The maximum Gasteiger partial charge on any atom is 0.306 e. The Morgan fingerprint density at radius 1 is 0.600 bits per heavy atom. The van der Waals surface area contributed by atoms with Crippen LogP contribution in [-0.2, 0) is 38.7 Å². The predicted octanol–water partition coefficient (Wildman–Crippen LogP) is 8.28. The molecule has 6 unspecified atom stereocenters. The smallest absolute Gasteiger partial charge is 0.306 e. The second kappa shape index (κ2) is 33.4. The summed E-state index contributed by atoms with van der Waals surface area (Å²) in [5.74, 6) is -1.98. The number of aliphatic hydroxyl groups is 3. The van der Waals surface area contributed by atoms with E-state index in [1.807, 2.05) is 0 Å². The van der Waals surface area contributed by atoms with Gasteiger partial charge in [0.2, 0.25) is 0 Å². The van der Waals surface area contributed by atoms with Crippen molar-refractivity contribution in [2.75, 3.05) is 19.0 Å². The molecular weight excluding hydrogens is 729 g/mol. The zero-order valence-electron chi connectivity index (χ0n) is 34.3. The van der Waals surface area contributed by atoms with E-state index >= 15 is 0 Å². The molecule has 1 heterocycles. The summed E-state index contributed by atoms with van der Waals surface area (Å²) in [4.78, 5) is 25.3. The number of ether oxygens (including phenoxy) is 4. The minimum atomic E-state index is -4.60. The SMILES string of the molecule is CCCCCCC/C=C\CCCCCCCC(=O)OC(COC(=O)CCCCCCCCCCCCCCC)COC1OC(CS(=O)(=O)O)C(O)C(O)C1O. The first kappa shape index (κ1) is 51.4. The third-order valence-electron chi connectivity index (χ3n) is 10.1. The number of carbonyl (C=O) groups excluding carboxylic acids is 2. The van der Waals surface area contributed by atoms with E-state index in [1.54, 1.807) is 0 Å². The van der Waals surface area contributed by atoms with Crippen LogP contribution in [-0.4, -0.2) is 96.0 Å². The quantitative estimate of drug-likeness (QED) is 0.0206. The van der Waals surface area contributed by atoms with Crippen molar-refractivity contribution in [1.29, 1.82) is 0 Å². The Morgan fingerprint density at radius 3 is 1.51 bits per heavy atom. The van der Waals surface area contributed by atoms with E-state index in [9.17, 15) is 37.9 Å². The highest BCUT2D eigenvalue weighted by molar-refractivity contribution is 7.85. The van der Waals surface area contributed by atoms with Gasteiger partial charge in [-0.3, -0.25) is 14.1 Å². The fraction of sp³-hybridized carbons (Fsp3) is 0.905. The average Bonchev–Trinajstić information content (AvgIpc) is 3.14. The first-order valence-electron chi connectivity index (χ1n) is 21.7. The van der Waals surface area contributed by atoms with Gasteiger partial charge in [-0.25, -0.2) is 0 Å². The standard InChI is InChI=1S/C42H78O12S/c1-3-5-7-9-11-13-15-17-19-21-23-25-27-29-31-38(44)53-35(33-52-42-41(47)40(46)39(45)36(54-42)34-55(48,49)50)32-51-37(43)30-28-26-24-22-20-18-16-14-12-10-8-6-4-2/h15,17,35-36,39-42,45-47H,3-14,16,18-34H2,1-2H3,(H,48,49,50)/b17-15-. The molecule has 0 radical (unpaired) electrons. The highest BCUT2D eigenvalue weighted by Crippen LogP contribution is 2.24. The third-order valence-corrected chi connectivity index (χ3v) is 10.8. The fourth-order valence-electron chi connectivity index (χ4n) is 6.67. The number of hydrogen-bond donors (Lipinski definition) is 4. The Labute approximate surface area is 333 Å². The van der Waals surface area contributed by atoms with Crippen molar-refractivity contribution in [3.63, 3.8) is 0 Å². The van der Waals surface area contributed by atoms with Crippen LogP contribution in [0.1, 0.15) is 187 Å². The van der Waals surface area contributed by atoms with Gasteiger partial charge in [-0.2, -0.15) is 8.42 Å². The minimum Gasteiger partial charge on any atom is -0.462 e. The first-order chi connectivity index (χ1) is 26.5. The van der Waals surface area contributed by atoms with Crippen molar-refractivity contribution in [2.45, 2.75) is 224 Å². The van der Waals surface area contributed by atoms with Crippen LogP contribution in [0.5, 0.6) is 0 Å². The summed E-state index contributed by atoms with van der Waals surface area (Å²) in [7, 11) is -4.60. The van der Waals surface area contributed by atoms with Gasteiger partial charge in [-0.05, 0) is 38.5 Å². The molecule has 1 rings (SSSR count). The molecule has 0 spiro atoms. The van der Waals surface area contributed by atoms with Gasteiger partial charge in [-0.1, -0.05) is 148 Å². The van der Waals surface area contributed by atoms with Gasteiger partial charge in [-0.15, -0.1) is 0 Å². The van der Waals surface area contributed by atoms with Gasteiger partial charge < -0.3 is 34.3 Å².